The summed E-state index contributed by atoms with van der Waals surface area (Å²) < 4.78 is 16.0. The lowest BCUT2D eigenvalue weighted by molar-refractivity contribution is 0.619. The zero-order valence-electron chi connectivity index (χ0n) is 9.75. The lowest BCUT2D eigenvalue weighted by Crippen LogP contribution is -1.98. The van der Waals surface area contributed by atoms with Gasteiger partial charge < -0.3 is 4.98 Å². The molecular weight excluding hydrogens is 342 g/mol. The average molecular weight is 348 g/mol. The first-order chi connectivity index (χ1) is 9.49. The quantitative estimate of drug-likeness (QED) is 0.553. The van der Waals surface area contributed by atoms with Crippen molar-refractivity contribution in [2.75, 3.05) is 0 Å². The molecule has 0 saturated carbocycles. The van der Waals surface area contributed by atoms with Gasteiger partial charge in [-0.2, -0.15) is 0 Å². The number of imidazole rings is 1. The summed E-state index contributed by atoms with van der Waals surface area (Å²) in [6.45, 7) is 0. The lowest BCUT2D eigenvalue weighted by atomic mass is 10.2. The molecular formula is C13H6Cl3FN2S. The topological polar surface area (TPSA) is 20.7 Å². The Morgan fingerprint density at radius 3 is 2.50 bits per heavy atom. The van der Waals surface area contributed by atoms with Crippen LogP contribution in [-0.2, 0) is 0 Å². The van der Waals surface area contributed by atoms with Crippen molar-refractivity contribution in [3.05, 3.63) is 56.0 Å². The minimum Gasteiger partial charge on any atom is -0.330 e. The number of benzene rings is 2. The summed E-state index contributed by atoms with van der Waals surface area (Å²) >= 11 is 23.0. The molecule has 0 atom stereocenters. The molecule has 0 spiro atoms. The third-order valence-corrected chi connectivity index (χ3v) is 4.20. The molecule has 3 aromatic rings. The van der Waals surface area contributed by atoms with E-state index in [4.69, 9.17) is 47.0 Å². The zero-order chi connectivity index (χ0) is 14.4. The van der Waals surface area contributed by atoms with Crippen LogP contribution in [-0.4, -0.2) is 9.55 Å². The molecule has 0 aliphatic carbocycles. The smallest absolute Gasteiger partial charge is 0.182 e. The molecule has 0 radical (unpaired) electrons. The molecule has 1 N–H and O–H groups in total. The molecule has 0 unspecified atom stereocenters. The van der Waals surface area contributed by atoms with Gasteiger partial charge in [0.25, 0.3) is 0 Å². The van der Waals surface area contributed by atoms with Gasteiger partial charge >= 0.3 is 0 Å². The van der Waals surface area contributed by atoms with Crippen LogP contribution < -0.4 is 0 Å². The van der Waals surface area contributed by atoms with E-state index in [0.29, 0.717) is 25.8 Å². The Labute approximate surface area is 133 Å². The summed E-state index contributed by atoms with van der Waals surface area (Å²) in [4.78, 5) is 2.97. The molecule has 0 bridgehead atoms. The minimum absolute atomic E-state index is 0.0267. The van der Waals surface area contributed by atoms with E-state index in [2.05, 4.69) is 4.98 Å². The van der Waals surface area contributed by atoms with Gasteiger partial charge in [-0.15, -0.1) is 0 Å². The van der Waals surface area contributed by atoms with Gasteiger partial charge in [0, 0.05) is 0 Å². The molecule has 2 aromatic carbocycles. The maximum Gasteiger partial charge on any atom is 0.182 e. The van der Waals surface area contributed by atoms with Crippen LogP contribution in [0, 0.1) is 10.6 Å². The van der Waals surface area contributed by atoms with E-state index >= 15 is 0 Å². The van der Waals surface area contributed by atoms with E-state index in [-0.39, 0.29) is 10.7 Å². The van der Waals surface area contributed by atoms with Crippen LogP contribution in [0.5, 0.6) is 0 Å². The number of halogens is 4. The Bertz CT molecular complexity index is 885. The standard InChI is InChI=1S/C13H6Cl3FN2S/c14-6-2-1-3-10(12(6)17)19-11-5-8(16)7(15)4-9(11)18-13(19)20/h1-5H,(H,18,20). The highest BCUT2D eigenvalue weighted by Crippen LogP contribution is 2.31. The molecule has 1 heterocycles. The summed E-state index contributed by atoms with van der Waals surface area (Å²) in [7, 11) is 0. The Hall–Kier alpha value is -1.07. The van der Waals surface area contributed by atoms with Crippen molar-refractivity contribution in [1.82, 2.24) is 9.55 Å². The number of nitrogens with one attached hydrogen (secondary N) is 1. The number of rotatable bonds is 1. The molecule has 7 heteroatoms. The molecule has 0 aliphatic heterocycles. The van der Waals surface area contributed by atoms with Crippen molar-refractivity contribution in [2.24, 2.45) is 0 Å². The number of aromatic nitrogens is 2. The number of hydrogen-bond donors (Lipinski definition) is 1. The predicted molar refractivity (Wildman–Crippen MR) is 83.4 cm³/mol. The van der Waals surface area contributed by atoms with Crippen molar-refractivity contribution in [3.8, 4) is 5.69 Å². The van der Waals surface area contributed by atoms with Crippen LogP contribution in [0.15, 0.2) is 30.3 Å². The van der Waals surface area contributed by atoms with Crippen molar-refractivity contribution in [3.63, 3.8) is 0 Å². The van der Waals surface area contributed by atoms with E-state index in [1.165, 1.54) is 10.6 Å². The first-order valence-electron chi connectivity index (χ1n) is 5.53. The number of hydrogen-bond acceptors (Lipinski definition) is 1. The van der Waals surface area contributed by atoms with E-state index in [1.807, 2.05) is 0 Å². The van der Waals surface area contributed by atoms with Crippen LogP contribution in [0.2, 0.25) is 15.1 Å². The number of H-pyrrole nitrogens is 1. The Balaban J connectivity index is 2.42. The number of nitrogens with zero attached hydrogens (tertiary/aromatic N) is 1. The van der Waals surface area contributed by atoms with Crippen LogP contribution in [0.25, 0.3) is 16.7 Å². The van der Waals surface area contributed by atoms with E-state index in [9.17, 15) is 4.39 Å². The monoisotopic (exact) mass is 346 g/mol. The Kier molecular flexibility index (Phi) is 3.50. The van der Waals surface area contributed by atoms with Crippen molar-refractivity contribution in [2.45, 2.75) is 0 Å². The van der Waals surface area contributed by atoms with Crippen LogP contribution in [0.1, 0.15) is 0 Å². The van der Waals surface area contributed by atoms with Gasteiger partial charge in [0.1, 0.15) is 0 Å². The normalized spacial score (nSPS) is 11.2. The fourth-order valence-corrected chi connectivity index (χ4v) is 2.80. The first kappa shape index (κ1) is 13.9. The van der Waals surface area contributed by atoms with E-state index < -0.39 is 5.82 Å². The second-order valence-electron chi connectivity index (χ2n) is 4.12. The third kappa shape index (κ3) is 2.13. The largest absolute Gasteiger partial charge is 0.330 e. The van der Waals surface area contributed by atoms with Crippen molar-refractivity contribution >= 4 is 58.1 Å². The second kappa shape index (κ2) is 5.04. The maximum absolute atomic E-state index is 14.2. The highest BCUT2D eigenvalue weighted by atomic mass is 35.5. The molecule has 0 amide bonds. The molecule has 2 nitrogen and oxygen atoms in total. The van der Waals surface area contributed by atoms with Crippen molar-refractivity contribution in [1.29, 1.82) is 0 Å². The molecule has 0 saturated heterocycles. The second-order valence-corrected chi connectivity index (χ2v) is 5.73. The zero-order valence-corrected chi connectivity index (χ0v) is 12.8. The van der Waals surface area contributed by atoms with Gasteiger partial charge in [0.2, 0.25) is 0 Å². The SMILES string of the molecule is Fc1c(Cl)cccc1-n1c(=S)[nH]c2cc(Cl)c(Cl)cc21. The molecule has 0 aliphatic rings. The van der Waals surface area contributed by atoms with Gasteiger partial charge in [-0.1, -0.05) is 40.9 Å². The predicted octanol–water partition coefficient (Wildman–Crippen LogP) is 5.79. The van der Waals surface area contributed by atoms with Crippen molar-refractivity contribution < 1.29 is 4.39 Å². The van der Waals surface area contributed by atoms with Crippen LogP contribution in [0.3, 0.4) is 0 Å². The summed E-state index contributed by atoms with van der Waals surface area (Å²) in [6, 6.07) is 7.99. The summed E-state index contributed by atoms with van der Waals surface area (Å²) in [5.74, 6) is -0.544. The van der Waals surface area contributed by atoms with Gasteiger partial charge in [0.05, 0.1) is 31.8 Å². The van der Waals surface area contributed by atoms with Gasteiger partial charge in [-0.25, -0.2) is 4.39 Å². The first-order valence-corrected chi connectivity index (χ1v) is 7.07. The molecule has 20 heavy (non-hydrogen) atoms. The maximum atomic E-state index is 14.2. The number of aromatic amines is 1. The highest BCUT2D eigenvalue weighted by Gasteiger charge is 2.14. The van der Waals surface area contributed by atoms with E-state index in [0.717, 1.165) is 0 Å². The fourth-order valence-electron chi connectivity index (χ4n) is 2.01. The summed E-state index contributed by atoms with van der Waals surface area (Å²) in [6.07, 6.45) is 0. The van der Waals surface area contributed by atoms with Crippen LogP contribution in [0.4, 0.5) is 4.39 Å². The molecule has 1 aromatic heterocycles. The number of fused-ring (bicyclic) bond motifs is 1. The van der Waals surface area contributed by atoms with Gasteiger partial charge in [0.15, 0.2) is 10.6 Å². The highest BCUT2D eigenvalue weighted by molar-refractivity contribution is 7.71. The summed E-state index contributed by atoms with van der Waals surface area (Å²) in [5.41, 5.74) is 1.56. The third-order valence-electron chi connectivity index (χ3n) is 2.90. The van der Waals surface area contributed by atoms with Gasteiger partial charge in [-0.3, -0.25) is 4.57 Å². The Morgan fingerprint density at radius 1 is 1.05 bits per heavy atom. The van der Waals surface area contributed by atoms with E-state index in [1.54, 1.807) is 24.3 Å². The minimum atomic E-state index is -0.544. The summed E-state index contributed by atoms with van der Waals surface area (Å²) in [5, 5.41) is 0.789. The van der Waals surface area contributed by atoms with Crippen LogP contribution >= 0.6 is 47.0 Å². The fraction of sp³-hybridized carbons (Fsp3) is 0. The lowest BCUT2D eigenvalue weighted by Gasteiger charge is -2.07. The molecule has 102 valence electrons. The van der Waals surface area contributed by atoms with Gasteiger partial charge in [-0.05, 0) is 36.5 Å². The average Bonchev–Trinajstić information content (AvgIpc) is 2.69. The molecule has 0 fully saturated rings. The Morgan fingerprint density at radius 2 is 1.75 bits per heavy atom. The molecule has 3 rings (SSSR count).